The molecule has 3 heterocycles. The van der Waals surface area contributed by atoms with E-state index in [1.54, 1.807) is 6.92 Å². The van der Waals surface area contributed by atoms with Gasteiger partial charge in [0.2, 0.25) is 0 Å². The first-order valence-corrected chi connectivity index (χ1v) is 8.30. The molecule has 0 aromatic carbocycles. The number of nitrogens with zero attached hydrogens (tertiary/aromatic N) is 4. The fourth-order valence-corrected chi connectivity index (χ4v) is 2.90. The Hall–Kier alpha value is -1.90. The number of rotatable bonds is 4. The summed E-state index contributed by atoms with van der Waals surface area (Å²) in [5.74, 6) is 0.214. The summed E-state index contributed by atoms with van der Waals surface area (Å²) in [5, 5.41) is 29.7. The third-order valence-electron chi connectivity index (χ3n) is 3.67. The lowest BCUT2D eigenvalue weighted by atomic mass is 10.1. The standard InChI is InChI=1S/C11H16N6O6S/c1-4-6-9(12)14-3-15-10(6)17(16-4)11-8(19)7(18)5(23-11)2-22-24(13,20)21/h3,5,7-8,11,18-19H,2H2,1H3,(H2,12,14,15)(H2,13,20,21)/t5-,7-,8-,11-/m1/s1. The Morgan fingerprint density at radius 3 is 2.75 bits per heavy atom. The van der Waals surface area contributed by atoms with Gasteiger partial charge >= 0.3 is 10.3 Å². The zero-order valence-electron chi connectivity index (χ0n) is 12.5. The molecule has 12 nitrogen and oxygen atoms in total. The fourth-order valence-electron chi connectivity index (χ4n) is 2.58. The Kier molecular flexibility index (Phi) is 4.15. The lowest BCUT2D eigenvalue weighted by Gasteiger charge is -2.15. The van der Waals surface area contributed by atoms with Gasteiger partial charge in [-0.05, 0) is 6.92 Å². The summed E-state index contributed by atoms with van der Waals surface area (Å²) in [6, 6.07) is 0. The van der Waals surface area contributed by atoms with Gasteiger partial charge in [-0.3, -0.25) is 4.18 Å². The first-order valence-electron chi connectivity index (χ1n) is 6.83. The van der Waals surface area contributed by atoms with Gasteiger partial charge in [-0.2, -0.15) is 13.5 Å². The summed E-state index contributed by atoms with van der Waals surface area (Å²) >= 11 is 0. The number of aliphatic hydroxyl groups is 2. The molecule has 0 bridgehead atoms. The topological polar surface area (TPSA) is 189 Å². The van der Waals surface area contributed by atoms with Crippen LogP contribution in [0.5, 0.6) is 0 Å². The van der Waals surface area contributed by atoms with E-state index in [1.165, 1.54) is 11.0 Å². The molecule has 0 spiro atoms. The molecule has 0 amide bonds. The van der Waals surface area contributed by atoms with E-state index in [0.717, 1.165) is 0 Å². The van der Waals surface area contributed by atoms with Crippen molar-refractivity contribution in [1.29, 1.82) is 0 Å². The molecule has 0 radical (unpaired) electrons. The molecule has 24 heavy (non-hydrogen) atoms. The first-order chi connectivity index (χ1) is 11.2. The minimum Gasteiger partial charge on any atom is -0.387 e. The molecular weight excluding hydrogens is 344 g/mol. The number of hydrogen-bond donors (Lipinski definition) is 4. The van der Waals surface area contributed by atoms with Gasteiger partial charge < -0.3 is 20.7 Å². The van der Waals surface area contributed by atoms with E-state index in [4.69, 9.17) is 15.6 Å². The highest BCUT2D eigenvalue weighted by atomic mass is 32.2. The van der Waals surface area contributed by atoms with Crippen molar-refractivity contribution in [2.75, 3.05) is 12.3 Å². The fraction of sp³-hybridized carbons (Fsp3) is 0.545. The number of ether oxygens (including phenoxy) is 1. The molecule has 3 rings (SSSR count). The van der Waals surface area contributed by atoms with E-state index < -0.39 is 41.5 Å². The van der Waals surface area contributed by atoms with E-state index >= 15 is 0 Å². The van der Waals surface area contributed by atoms with Crippen molar-refractivity contribution in [2.24, 2.45) is 5.14 Å². The van der Waals surface area contributed by atoms with Crippen molar-refractivity contribution >= 4 is 27.2 Å². The van der Waals surface area contributed by atoms with Gasteiger partial charge in [0.05, 0.1) is 17.7 Å². The molecular formula is C11H16N6O6S. The number of hydrogen-bond acceptors (Lipinski definition) is 10. The second-order valence-electron chi connectivity index (χ2n) is 5.31. The summed E-state index contributed by atoms with van der Waals surface area (Å²) in [5.41, 5.74) is 6.62. The van der Waals surface area contributed by atoms with Crippen molar-refractivity contribution in [3.05, 3.63) is 12.0 Å². The van der Waals surface area contributed by atoms with Crippen LogP contribution in [0.1, 0.15) is 11.9 Å². The normalized spacial score (nSPS) is 27.8. The van der Waals surface area contributed by atoms with Crippen LogP contribution in [-0.2, 0) is 19.2 Å². The summed E-state index contributed by atoms with van der Waals surface area (Å²) in [6.45, 7) is 1.13. The smallest absolute Gasteiger partial charge is 0.333 e. The van der Waals surface area contributed by atoms with Crippen LogP contribution in [0.2, 0.25) is 0 Å². The Balaban J connectivity index is 1.92. The highest BCUT2D eigenvalue weighted by Gasteiger charge is 2.45. The maximum absolute atomic E-state index is 10.9. The summed E-state index contributed by atoms with van der Waals surface area (Å²) in [7, 11) is -4.20. The molecule has 2 aromatic rings. The lowest BCUT2D eigenvalue weighted by molar-refractivity contribution is -0.0527. The van der Waals surface area contributed by atoms with Crippen molar-refractivity contribution in [1.82, 2.24) is 19.7 Å². The Labute approximate surface area is 136 Å². The van der Waals surface area contributed by atoms with Crippen LogP contribution in [0.15, 0.2) is 6.33 Å². The molecule has 0 aliphatic carbocycles. The van der Waals surface area contributed by atoms with Gasteiger partial charge in [-0.25, -0.2) is 19.8 Å². The molecule has 0 saturated carbocycles. The summed E-state index contributed by atoms with van der Waals surface area (Å²) in [6.07, 6.45) is -3.80. The van der Waals surface area contributed by atoms with Crippen molar-refractivity contribution < 1.29 is 27.6 Å². The van der Waals surface area contributed by atoms with Gasteiger partial charge in [0, 0.05) is 0 Å². The number of fused-ring (bicyclic) bond motifs is 1. The zero-order valence-corrected chi connectivity index (χ0v) is 13.3. The molecule has 0 unspecified atom stereocenters. The zero-order chi connectivity index (χ0) is 17.6. The van der Waals surface area contributed by atoms with E-state index in [-0.39, 0.29) is 5.82 Å². The van der Waals surface area contributed by atoms with Gasteiger partial charge in [0.15, 0.2) is 11.9 Å². The van der Waals surface area contributed by atoms with Crippen LogP contribution < -0.4 is 10.9 Å². The maximum Gasteiger partial charge on any atom is 0.333 e. The molecule has 6 N–H and O–H groups in total. The Morgan fingerprint density at radius 2 is 2.08 bits per heavy atom. The van der Waals surface area contributed by atoms with E-state index in [2.05, 4.69) is 19.2 Å². The van der Waals surface area contributed by atoms with Crippen LogP contribution in [0, 0.1) is 6.92 Å². The van der Waals surface area contributed by atoms with Gasteiger partial charge in [-0.1, -0.05) is 0 Å². The molecule has 1 fully saturated rings. The average Bonchev–Trinajstić information content (AvgIpc) is 2.96. The van der Waals surface area contributed by atoms with E-state index in [1.807, 2.05) is 0 Å². The van der Waals surface area contributed by atoms with Gasteiger partial charge in [0.25, 0.3) is 0 Å². The van der Waals surface area contributed by atoms with Crippen LogP contribution >= 0.6 is 0 Å². The summed E-state index contributed by atoms with van der Waals surface area (Å²) < 4.78 is 32.8. The van der Waals surface area contributed by atoms with Crippen molar-refractivity contribution in [3.8, 4) is 0 Å². The predicted octanol–water partition coefficient (Wildman–Crippen LogP) is -2.44. The minimum absolute atomic E-state index is 0.214. The second kappa shape index (κ2) is 5.87. The Morgan fingerprint density at radius 1 is 1.38 bits per heavy atom. The molecule has 1 aliphatic heterocycles. The number of aliphatic hydroxyl groups excluding tert-OH is 2. The quantitative estimate of drug-likeness (QED) is 0.455. The minimum atomic E-state index is -4.20. The van der Waals surface area contributed by atoms with Crippen LogP contribution in [-0.4, -0.2) is 63.3 Å². The molecule has 1 saturated heterocycles. The lowest BCUT2D eigenvalue weighted by Crippen LogP contribution is -2.35. The second-order valence-corrected chi connectivity index (χ2v) is 6.53. The third kappa shape index (κ3) is 2.92. The third-order valence-corrected chi connectivity index (χ3v) is 4.13. The van der Waals surface area contributed by atoms with Crippen molar-refractivity contribution in [3.63, 3.8) is 0 Å². The average molecular weight is 360 g/mol. The molecule has 1 aliphatic rings. The van der Waals surface area contributed by atoms with Crippen LogP contribution in [0.3, 0.4) is 0 Å². The van der Waals surface area contributed by atoms with E-state index in [0.29, 0.717) is 16.7 Å². The first kappa shape index (κ1) is 16.9. The molecule has 2 aromatic heterocycles. The molecule has 4 atom stereocenters. The van der Waals surface area contributed by atoms with Gasteiger partial charge in [-0.15, -0.1) is 0 Å². The predicted molar refractivity (Wildman–Crippen MR) is 79.5 cm³/mol. The highest BCUT2D eigenvalue weighted by Crippen LogP contribution is 2.33. The maximum atomic E-state index is 10.9. The molecule has 13 heteroatoms. The largest absolute Gasteiger partial charge is 0.387 e. The number of aromatic nitrogens is 4. The highest BCUT2D eigenvalue weighted by molar-refractivity contribution is 7.84. The van der Waals surface area contributed by atoms with Crippen LogP contribution in [0.25, 0.3) is 11.0 Å². The number of nitrogens with two attached hydrogens (primary N) is 2. The van der Waals surface area contributed by atoms with Crippen LogP contribution in [0.4, 0.5) is 5.82 Å². The Bertz CT molecular complexity index is 869. The van der Waals surface area contributed by atoms with E-state index in [9.17, 15) is 18.6 Å². The summed E-state index contributed by atoms with van der Waals surface area (Å²) in [4.78, 5) is 7.94. The monoisotopic (exact) mass is 360 g/mol. The number of aryl methyl sites for hydroxylation is 1. The SMILES string of the molecule is Cc1nn([C@@H]2O[C@H](COS(N)(=O)=O)[C@@H](O)[C@H]2O)c2ncnc(N)c12. The van der Waals surface area contributed by atoms with Crippen molar-refractivity contribution in [2.45, 2.75) is 31.5 Å². The number of anilines is 1. The molecule has 132 valence electrons. The number of nitrogen functional groups attached to an aromatic ring is 1. The van der Waals surface area contributed by atoms with Gasteiger partial charge in [0.1, 0.15) is 30.5 Å².